The number of unbranched alkanes of at least 4 members (excludes halogenated alkanes) is 4. The maximum atomic E-state index is 15.7. The molecule has 16 nitrogen and oxygen atoms in total. The molecule has 0 radical (unpaired) electrons. The molecule has 0 saturated carbocycles. The second kappa shape index (κ2) is 18.7. The second-order valence-corrected chi connectivity index (χ2v) is 21.6. The third-order valence-corrected chi connectivity index (χ3v) is 17.2. The van der Waals surface area contributed by atoms with Crippen molar-refractivity contribution in [1.29, 1.82) is 0 Å². The molecular formula is C64H54N4O12. The number of hydrogen-bond donors (Lipinski definition) is 0. The number of benzene rings is 6. The first kappa shape index (κ1) is 50.0. The smallest absolute Gasteiger partial charge is 0.271 e. The fraction of sp³-hybridized carbons (Fsp3) is 0.312. The van der Waals surface area contributed by atoms with E-state index in [1.807, 2.05) is 70.2 Å². The number of allylic oxidation sites excluding steroid dienone is 2. The summed E-state index contributed by atoms with van der Waals surface area (Å²) in [6, 6.07) is 12.5. The molecule has 0 spiro atoms. The van der Waals surface area contributed by atoms with E-state index in [2.05, 4.69) is 0 Å². The zero-order valence-electron chi connectivity index (χ0n) is 44.7. The molecule has 0 bridgehead atoms. The Kier molecular flexibility index (Phi) is 11.7. The summed E-state index contributed by atoms with van der Waals surface area (Å²) in [6.07, 6.45) is 15.1. The Morgan fingerprint density at radius 2 is 0.925 bits per heavy atom. The van der Waals surface area contributed by atoms with Crippen LogP contribution in [-0.4, -0.2) is 93.9 Å². The van der Waals surface area contributed by atoms with E-state index in [-0.39, 0.29) is 44.0 Å². The van der Waals surface area contributed by atoms with Gasteiger partial charge in [-0.25, -0.2) is 0 Å². The van der Waals surface area contributed by atoms with Crippen LogP contribution in [0.15, 0.2) is 60.7 Å². The van der Waals surface area contributed by atoms with Crippen LogP contribution in [0.2, 0.25) is 0 Å². The maximum absolute atomic E-state index is 15.7. The number of hydrogen-bond acceptors (Lipinski definition) is 12. The molecule has 14 rings (SSSR count). The van der Waals surface area contributed by atoms with Crippen LogP contribution in [0.5, 0.6) is 0 Å². The average molecular weight is 1070 g/mol. The van der Waals surface area contributed by atoms with Gasteiger partial charge in [0.15, 0.2) is 0 Å². The van der Waals surface area contributed by atoms with E-state index in [4.69, 9.17) is 19.4 Å². The minimum absolute atomic E-state index is 0.0811. The fourth-order valence-electron chi connectivity index (χ4n) is 13.5. The van der Waals surface area contributed by atoms with E-state index in [9.17, 15) is 28.8 Å². The van der Waals surface area contributed by atoms with Crippen LogP contribution in [0.3, 0.4) is 0 Å². The molecule has 8 aliphatic rings. The number of rotatable bonds is 17. The molecule has 80 heavy (non-hydrogen) atoms. The molecule has 2 atom stereocenters. The van der Waals surface area contributed by atoms with Gasteiger partial charge < -0.3 is 0 Å². The highest BCUT2D eigenvalue weighted by Crippen LogP contribution is 2.57. The zero-order chi connectivity index (χ0) is 55.2. The van der Waals surface area contributed by atoms with Gasteiger partial charge in [-0.05, 0) is 156 Å². The highest BCUT2D eigenvalue weighted by atomic mass is 16.7. The van der Waals surface area contributed by atoms with Gasteiger partial charge in [-0.1, -0.05) is 95.9 Å². The molecule has 4 heterocycles. The number of amides is 8. The normalized spacial score (nSPS) is 19.2. The summed E-state index contributed by atoms with van der Waals surface area (Å²) < 4.78 is 0. The van der Waals surface area contributed by atoms with Crippen molar-refractivity contribution in [2.45, 2.75) is 104 Å². The average Bonchev–Trinajstić information content (AvgIpc) is 3.32. The monoisotopic (exact) mass is 1070 g/mol. The van der Waals surface area contributed by atoms with Crippen molar-refractivity contribution < 1.29 is 57.7 Å². The number of nitrogens with zero attached hydrogens (tertiary/aromatic N) is 4. The van der Waals surface area contributed by atoms with Gasteiger partial charge >= 0.3 is 0 Å². The molecule has 4 aliphatic carbocycles. The lowest BCUT2D eigenvalue weighted by atomic mass is 9.68. The predicted molar refractivity (Wildman–Crippen MR) is 297 cm³/mol. The van der Waals surface area contributed by atoms with Gasteiger partial charge in [0.25, 0.3) is 47.3 Å². The Morgan fingerprint density at radius 1 is 0.450 bits per heavy atom. The zero-order valence-corrected chi connectivity index (χ0v) is 44.7. The van der Waals surface area contributed by atoms with Gasteiger partial charge in [0.05, 0.1) is 55.0 Å². The van der Waals surface area contributed by atoms with Crippen LogP contribution >= 0.6 is 0 Å². The SMILES string of the molecule is CCCCON1C(=O)C2=CCc3c4cc(C5=Cc6c7ccc8c9c7c(c7ccc%10c(c67)C5C(=O)N(OCCCC)C%10=O)CC=C9C(=O)N(OCCCC)C8=O)c5c6c4c(c4ccc(c2c34)C1=O)C=CC6C(=O)N(OCCCC)C5=O. The van der Waals surface area contributed by atoms with Crippen molar-refractivity contribution in [1.82, 2.24) is 20.3 Å². The van der Waals surface area contributed by atoms with Crippen LogP contribution in [0, 0.1) is 0 Å². The molecule has 6 aromatic carbocycles. The minimum atomic E-state index is -1.24. The summed E-state index contributed by atoms with van der Waals surface area (Å²) >= 11 is 0. The molecule has 0 fully saturated rings. The first-order chi connectivity index (χ1) is 38.9. The van der Waals surface area contributed by atoms with Gasteiger partial charge in [0.2, 0.25) is 0 Å². The first-order valence-electron chi connectivity index (χ1n) is 28.0. The molecule has 8 amide bonds. The number of carbonyl (C=O) groups excluding carboxylic acids is 8. The standard InChI is InChI=1S/C64H54N4O12/c1-5-9-25-77-65-57(69)37-19-13-31-33-15-23-41-53-49(33)43(35-17-21-39(59(65)71)51(37)47(31)35)29-45(55(53)63(75)67(61(41)73)79-27-11-7-3)46-30-44-36-18-22-40-52-38(58(70)66(60(40)72)78-26-10-6-2)20-14-32(48(36)52)34-16-24-42-54(50(34)44)56(46)64(76)68(62(42)74)80-28-12-8-4/h13,15-16,18-24,29-30,41,56H,5-12,14,17,25-28H2,1-4H3. The molecule has 16 heteroatoms. The van der Waals surface area contributed by atoms with Crippen molar-refractivity contribution in [2.24, 2.45) is 0 Å². The number of carbonyl (C=O) groups is 8. The van der Waals surface area contributed by atoms with Gasteiger partial charge in [-0.3, -0.25) is 57.7 Å². The number of hydroxylamine groups is 8. The Bertz CT molecular complexity index is 4120. The van der Waals surface area contributed by atoms with Crippen molar-refractivity contribution in [3.63, 3.8) is 0 Å². The van der Waals surface area contributed by atoms with E-state index in [1.165, 1.54) is 0 Å². The summed E-state index contributed by atoms with van der Waals surface area (Å²) in [4.78, 5) is 142. The molecule has 0 aromatic heterocycles. The first-order valence-corrected chi connectivity index (χ1v) is 28.0. The molecule has 4 aliphatic heterocycles. The fourth-order valence-corrected chi connectivity index (χ4v) is 13.5. The molecule has 0 N–H and O–H groups in total. The van der Waals surface area contributed by atoms with Gasteiger partial charge in [-0.2, -0.15) is 0 Å². The van der Waals surface area contributed by atoms with Crippen LogP contribution in [0.25, 0.3) is 72.0 Å². The van der Waals surface area contributed by atoms with Gasteiger partial charge in [0, 0.05) is 27.8 Å². The van der Waals surface area contributed by atoms with Gasteiger partial charge in [-0.15, -0.1) is 20.3 Å². The summed E-state index contributed by atoms with van der Waals surface area (Å²) in [5, 5.41) is 8.78. The predicted octanol–water partition coefficient (Wildman–Crippen LogP) is 10.8. The lowest BCUT2D eigenvalue weighted by Gasteiger charge is -2.40. The molecular weight excluding hydrogens is 1020 g/mol. The van der Waals surface area contributed by atoms with Crippen LogP contribution < -0.4 is 0 Å². The second-order valence-electron chi connectivity index (χ2n) is 21.6. The summed E-state index contributed by atoms with van der Waals surface area (Å²) in [5.41, 5.74) is 6.91. The van der Waals surface area contributed by atoms with Gasteiger partial charge in [0.1, 0.15) is 0 Å². The molecule has 2 unspecified atom stereocenters. The summed E-state index contributed by atoms with van der Waals surface area (Å²) in [6.45, 7) is 8.46. The Hall–Kier alpha value is -8.28. The highest BCUT2D eigenvalue weighted by Gasteiger charge is 2.51. The molecule has 0 saturated heterocycles. The van der Waals surface area contributed by atoms with Crippen molar-refractivity contribution in [3.05, 3.63) is 133 Å². The van der Waals surface area contributed by atoms with E-state index in [0.717, 1.165) is 67.8 Å². The number of imide groups is 4. The van der Waals surface area contributed by atoms with E-state index in [1.54, 1.807) is 30.4 Å². The van der Waals surface area contributed by atoms with E-state index in [0.29, 0.717) is 131 Å². The lowest BCUT2D eigenvalue weighted by molar-refractivity contribution is -0.172. The van der Waals surface area contributed by atoms with Crippen molar-refractivity contribution in [2.75, 3.05) is 26.4 Å². The van der Waals surface area contributed by atoms with Crippen molar-refractivity contribution >= 4 is 119 Å². The summed E-state index contributed by atoms with van der Waals surface area (Å²) in [7, 11) is 0. The summed E-state index contributed by atoms with van der Waals surface area (Å²) in [5.74, 6) is -7.16. The Labute approximate surface area is 458 Å². The largest absolute Gasteiger partial charge is 0.285 e. The minimum Gasteiger partial charge on any atom is -0.271 e. The Balaban J connectivity index is 1.08. The molecule has 6 aromatic rings. The highest BCUT2D eigenvalue weighted by molar-refractivity contribution is 6.38. The van der Waals surface area contributed by atoms with Crippen molar-refractivity contribution in [3.8, 4) is 0 Å². The Morgan fingerprint density at radius 3 is 1.49 bits per heavy atom. The topological polar surface area (TPSA) is 186 Å². The van der Waals surface area contributed by atoms with E-state index >= 15 is 9.59 Å². The molecule has 402 valence electrons. The third-order valence-electron chi connectivity index (χ3n) is 17.2. The maximum Gasteiger partial charge on any atom is 0.285 e. The number of fused-ring (bicyclic) bond motifs is 4. The van der Waals surface area contributed by atoms with Crippen LogP contribution in [-0.2, 0) is 51.4 Å². The lowest BCUT2D eigenvalue weighted by Crippen LogP contribution is -2.47. The van der Waals surface area contributed by atoms with E-state index < -0.39 is 59.1 Å². The third kappa shape index (κ3) is 6.70. The quantitative estimate of drug-likeness (QED) is 0.0479. The van der Waals surface area contributed by atoms with Crippen LogP contribution in [0.1, 0.15) is 182 Å². The van der Waals surface area contributed by atoms with Crippen LogP contribution in [0.4, 0.5) is 0 Å².